The quantitative estimate of drug-likeness (QED) is 0.910. The van der Waals surface area contributed by atoms with E-state index in [2.05, 4.69) is 10.3 Å². The van der Waals surface area contributed by atoms with Crippen LogP contribution in [-0.4, -0.2) is 23.3 Å². The smallest absolute Gasteiger partial charge is 0.253 e. The first-order valence-electron chi connectivity index (χ1n) is 6.75. The number of nitrogens with zero attached hydrogens (tertiary/aromatic N) is 2. The molecule has 3 rings (SSSR count). The van der Waals surface area contributed by atoms with Crippen LogP contribution >= 0.6 is 0 Å². The Bertz CT molecular complexity index is 712. The van der Waals surface area contributed by atoms with Gasteiger partial charge in [-0.05, 0) is 30.7 Å². The van der Waals surface area contributed by atoms with Gasteiger partial charge in [-0.2, -0.15) is 0 Å². The number of aryl methyl sites for hydroxylation is 1. The molecule has 5 nitrogen and oxygen atoms in total. The topological polar surface area (TPSA) is 62.3 Å². The van der Waals surface area contributed by atoms with Crippen LogP contribution in [0.25, 0.3) is 0 Å². The van der Waals surface area contributed by atoms with Gasteiger partial charge < -0.3 is 10.2 Å². The number of fused-ring (bicyclic) bond motifs is 1. The van der Waals surface area contributed by atoms with E-state index in [0.717, 1.165) is 11.3 Å². The lowest BCUT2D eigenvalue weighted by atomic mass is 10.1. The average molecular weight is 281 g/mol. The summed E-state index contributed by atoms with van der Waals surface area (Å²) in [6, 6.07) is 10.9. The second-order valence-corrected chi connectivity index (χ2v) is 4.95. The van der Waals surface area contributed by atoms with Crippen molar-refractivity contribution in [2.45, 2.75) is 13.5 Å². The van der Waals surface area contributed by atoms with Gasteiger partial charge >= 0.3 is 0 Å². The average Bonchev–Trinajstić information content (AvgIpc) is 2.62. The molecule has 0 saturated heterocycles. The fourth-order valence-electron chi connectivity index (χ4n) is 2.39. The molecule has 0 saturated carbocycles. The van der Waals surface area contributed by atoms with Gasteiger partial charge in [0, 0.05) is 6.20 Å². The zero-order chi connectivity index (χ0) is 14.8. The number of para-hydroxylation sites is 1. The second kappa shape index (κ2) is 5.36. The summed E-state index contributed by atoms with van der Waals surface area (Å²) in [5, 5.41) is 2.63. The van der Waals surface area contributed by atoms with Crippen molar-refractivity contribution in [3.05, 3.63) is 59.4 Å². The van der Waals surface area contributed by atoms with Gasteiger partial charge in [0.1, 0.15) is 0 Å². The third-order valence-electron chi connectivity index (χ3n) is 3.57. The minimum atomic E-state index is -0.223. The molecule has 5 heteroatoms. The Labute approximate surface area is 122 Å². The molecule has 1 aromatic heterocycles. The van der Waals surface area contributed by atoms with Crippen molar-refractivity contribution in [1.29, 1.82) is 0 Å². The molecular formula is C16H15N3O2. The molecule has 2 heterocycles. The standard InChI is InChI=1S/C16H15N3O2/c1-11-5-4-8-17-13(11)10-19-14-7-3-2-6-12(14)16(21)18-9-15(19)20/h2-8H,9-10H2,1H3,(H,18,21). The zero-order valence-electron chi connectivity index (χ0n) is 11.7. The fourth-order valence-corrected chi connectivity index (χ4v) is 2.39. The predicted octanol–water partition coefficient (Wildman–Crippen LogP) is 1.67. The Morgan fingerprint density at radius 3 is 2.81 bits per heavy atom. The summed E-state index contributed by atoms with van der Waals surface area (Å²) >= 11 is 0. The number of carbonyl (C=O) groups excluding carboxylic acids is 2. The van der Waals surface area contributed by atoms with Crippen LogP contribution < -0.4 is 10.2 Å². The Morgan fingerprint density at radius 1 is 1.19 bits per heavy atom. The minimum Gasteiger partial charge on any atom is -0.343 e. The first-order chi connectivity index (χ1) is 10.2. The third kappa shape index (κ3) is 2.50. The highest BCUT2D eigenvalue weighted by atomic mass is 16.2. The molecule has 106 valence electrons. The molecule has 2 aromatic rings. The summed E-state index contributed by atoms with van der Waals surface area (Å²) in [5.41, 5.74) is 2.99. The van der Waals surface area contributed by atoms with Gasteiger partial charge in [0.05, 0.1) is 30.0 Å². The molecule has 0 atom stereocenters. The number of rotatable bonds is 2. The van der Waals surface area contributed by atoms with Gasteiger partial charge in [-0.3, -0.25) is 14.6 Å². The Morgan fingerprint density at radius 2 is 2.00 bits per heavy atom. The monoisotopic (exact) mass is 281 g/mol. The molecule has 0 fully saturated rings. The van der Waals surface area contributed by atoms with E-state index in [1.165, 1.54) is 0 Å². The maximum Gasteiger partial charge on any atom is 0.253 e. The van der Waals surface area contributed by atoms with E-state index >= 15 is 0 Å². The summed E-state index contributed by atoms with van der Waals surface area (Å²) in [5.74, 6) is -0.363. The van der Waals surface area contributed by atoms with Gasteiger partial charge in [-0.1, -0.05) is 18.2 Å². The number of carbonyl (C=O) groups is 2. The summed E-state index contributed by atoms with van der Waals surface area (Å²) in [6.45, 7) is 2.32. The SMILES string of the molecule is Cc1cccnc1CN1C(=O)CNC(=O)c2ccccc21. The van der Waals surface area contributed by atoms with Crippen LogP contribution in [0.1, 0.15) is 21.6 Å². The predicted molar refractivity (Wildman–Crippen MR) is 78.9 cm³/mol. The number of benzene rings is 1. The summed E-state index contributed by atoms with van der Waals surface area (Å²) in [7, 11) is 0. The first kappa shape index (κ1) is 13.3. The van der Waals surface area contributed by atoms with Crippen molar-refractivity contribution >= 4 is 17.5 Å². The van der Waals surface area contributed by atoms with Gasteiger partial charge in [-0.15, -0.1) is 0 Å². The van der Waals surface area contributed by atoms with E-state index in [9.17, 15) is 9.59 Å². The van der Waals surface area contributed by atoms with E-state index < -0.39 is 0 Å². The van der Waals surface area contributed by atoms with Gasteiger partial charge in [-0.25, -0.2) is 0 Å². The van der Waals surface area contributed by atoms with Crippen LogP contribution in [0, 0.1) is 6.92 Å². The number of hydrogen-bond donors (Lipinski definition) is 1. The Kier molecular flexibility index (Phi) is 3.39. The van der Waals surface area contributed by atoms with Crippen LogP contribution in [0.15, 0.2) is 42.6 Å². The number of nitrogens with one attached hydrogen (secondary N) is 1. The molecule has 1 aliphatic rings. The molecule has 0 radical (unpaired) electrons. The number of hydrogen-bond acceptors (Lipinski definition) is 3. The maximum absolute atomic E-state index is 12.3. The van der Waals surface area contributed by atoms with Gasteiger partial charge in [0.25, 0.3) is 5.91 Å². The van der Waals surface area contributed by atoms with Crippen molar-refractivity contribution in [3.8, 4) is 0 Å². The van der Waals surface area contributed by atoms with Crippen LogP contribution in [0.2, 0.25) is 0 Å². The lowest BCUT2D eigenvalue weighted by molar-refractivity contribution is -0.117. The second-order valence-electron chi connectivity index (χ2n) is 4.95. The highest BCUT2D eigenvalue weighted by Crippen LogP contribution is 2.24. The number of aromatic nitrogens is 1. The molecule has 0 spiro atoms. The van der Waals surface area contributed by atoms with Crippen LogP contribution in [0.3, 0.4) is 0 Å². The van der Waals surface area contributed by atoms with Gasteiger partial charge in [0.15, 0.2) is 0 Å². The fraction of sp³-hybridized carbons (Fsp3) is 0.188. The van der Waals surface area contributed by atoms with E-state index in [1.807, 2.05) is 25.1 Å². The molecule has 0 aliphatic carbocycles. The summed E-state index contributed by atoms with van der Waals surface area (Å²) < 4.78 is 0. The third-order valence-corrected chi connectivity index (χ3v) is 3.57. The zero-order valence-corrected chi connectivity index (χ0v) is 11.7. The molecule has 2 amide bonds. The van der Waals surface area contributed by atoms with Crippen LogP contribution in [0.5, 0.6) is 0 Å². The first-order valence-corrected chi connectivity index (χ1v) is 6.75. The van der Waals surface area contributed by atoms with Crippen molar-refractivity contribution in [2.75, 3.05) is 11.4 Å². The highest BCUT2D eigenvalue weighted by molar-refractivity contribution is 6.09. The largest absolute Gasteiger partial charge is 0.343 e. The molecule has 1 N–H and O–H groups in total. The normalized spacial score (nSPS) is 14.4. The summed E-state index contributed by atoms with van der Waals surface area (Å²) in [6.07, 6.45) is 1.71. The van der Waals surface area contributed by atoms with Crippen molar-refractivity contribution in [3.63, 3.8) is 0 Å². The summed E-state index contributed by atoms with van der Waals surface area (Å²) in [4.78, 5) is 30.3. The lowest BCUT2D eigenvalue weighted by Crippen LogP contribution is -2.36. The molecule has 0 bridgehead atoms. The molecule has 0 unspecified atom stereocenters. The molecular weight excluding hydrogens is 266 g/mol. The number of anilines is 1. The Hall–Kier alpha value is -2.69. The van der Waals surface area contributed by atoms with E-state index in [4.69, 9.17) is 0 Å². The van der Waals surface area contributed by atoms with E-state index in [1.54, 1.807) is 29.3 Å². The molecule has 1 aromatic carbocycles. The minimum absolute atomic E-state index is 0.000601. The lowest BCUT2D eigenvalue weighted by Gasteiger charge is -2.22. The van der Waals surface area contributed by atoms with E-state index in [-0.39, 0.29) is 18.4 Å². The molecule has 21 heavy (non-hydrogen) atoms. The highest BCUT2D eigenvalue weighted by Gasteiger charge is 2.26. The van der Waals surface area contributed by atoms with Crippen molar-refractivity contribution in [1.82, 2.24) is 10.3 Å². The van der Waals surface area contributed by atoms with Crippen molar-refractivity contribution < 1.29 is 9.59 Å². The van der Waals surface area contributed by atoms with Crippen molar-refractivity contribution in [2.24, 2.45) is 0 Å². The molecule has 1 aliphatic heterocycles. The van der Waals surface area contributed by atoms with Gasteiger partial charge in [0.2, 0.25) is 5.91 Å². The van der Waals surface area contributed by atoms with E-state index in [0.29, 0.717) is 17.8 Å². The van der Waals surface area contributed by atoms with Crippen LogP contribution in [0.4, 0.5) is 5.69 Å². The number of amides is 2. The maximum atomic E-state index is 12.3. The number of pyridine rings is 1. The Balaban J connectivity index is 2.04. The van der Waals surface area contributed by atoms with Crippen LogP contribution in [-0.2, 0) is 11.3 Å².